The fourth-order valence-electron chi connectivity index (χ4n) is 3.31. The van der Waals surface area contributed by atoms with Gasteiger partial charge in [-0.3, -0.25) is 9.10 Å². The van der Waals surface area contributed by atoms with Crippen molar-refractivity contribution in [2.45, 2.75) is 44.2 Å². The molecule has 0 aliphatic rings. The summed E-state index contributed by atoms with van der Waals surface area (Å²) in [5.74, 6) is 0.153. The average Bonchev–Trinajstić information content (AvgIpc) is 2.71. The van der Waals surface area contributed by atoms with Gasteiger partial charge >= 0.3 is 0 Å². The van der Waals surface area contributed by atoms with E-state index in [1.807, 2.05) is 6.92 Å². The number of nitrogens with zero attached hydrogens (tertiary/aromatic N) is 1. The molecule has 0 aliphatic carbocycles. The molecule has 0 bridgehead atoms. The fourth-order valence-corrected chi connectivity index (χ4v) is 5.16. The maximum absolute atomic E-state index is 13.1. The molecule has 2 atom stereocenters. The minimum absolute atomic E-state index is 0.185. The first kappa shape index (κ1) is 25.7. The molecule has 1 N–H and O–H groups in total. The molecule has 0 fully saturated rings. The van der Waals surface area contributed by atoms with E-state index in [2.05, 4.69) is 5.32 Å². The number of anilines is 1. The Hall–Kier alpha value is -2.59. The van der Waals surface area contributed by atoms with Crippen LogP contribution >= 0.6 is 0 Å². The number of benzene rings is 2. The summed E-state index contributed by atoms with van der Waals surface area (Å²) >= 11 is 0. The Bertz CT molecular complexity index is 1130. The van der Waals surface area contributed by atoms with Gasteiger partial charge < -0.3 is 10.1 Å². The number of carbonyl (C=O) groups is 1. The predicted molar refractivity (Wildman–Crippen MR) is 125 cm³/mol. The number of hydrogen-bond acceptors (Lipinski definition) is 6. The number of carbonyl (C=O) groups excluding carboxylic acids is 1. The number of sulfonamides is 1. The van der Waals surface area contributed by atoms with Crippen molar-refractivity contribution in [3.05, 3.63) is 54.1 Å². The Kier molecular flexibility index (Phi) is 8.30. The lowest BCUT2D eigenvalue weighted by Gasteiger charge is -2.31. The highest BCUT2D eigenvalue weighted by Gasteiger charge is 2.32. The molecule has 2 aromatic rings. The van der Waals surface area contributed by atoms with Gasteiger partial charge in [-0.25, -0.2) is 16.8 Å². The summed E-state index contributed by atoms with van der Waals surface area (Å²) in [6.07, 6.45) is 2.44. The van der Waals surface area contributed by atoms with Crippen molar-refractivity contribution in [2.75, 3.05) is 23.4 Å². The molecular formula is C22H30N2O6S2. The second kappa shape index (κ2) is 10.4. The number of nitrogens with one attached hydrogen (secondary N) is 1. The monoisotopic (exact) mass is 482 g/mol. The highest BCUT2D eigenvalue weighted by Crippen LogP contribution is 2.26. The lowest BCUT2D eigenvalue weighted by atomic mass is 10.1. The molecular weight excluding hydrogens is 452 g/mol. The molecule has 176 valence electrons. The predicted octanol–water partition coefficient (Wildman–Crippen LogP) is 2.91. The van der Waals surface area contributed by atoms with Gasteiger partial charge in [-0.2, -0.15) is 0 Å². The molecule has 8 nitrogen and oxygen atoms in total. The Labute approximate surface area is 190 Å². The van der Waals surface area contributed by atoms with E-state index < -0.39 is 37.9 Å². The summed E-state index contributed by atoms with van der Waals surface area (Å²) in [5.41, 5.74) is 1.07. The molecule has 1 amide bonds. The number of rotatable bonds is 10. The molecule has 0 aromatic heterocycles. The van der Waals surface area contributed by atoms with Gasteiger partial charge in [0.15, 0.2) is 9.84 Å². The Balaban J connectivity index is 2.27. The van der Waals surface area contributed by atoms with Gasteiger partial charge in [0.05, 0.1) is 29.5 Å². The zero-order chi connectivity index (χ0) is 24.1. The fraction of sp³-hybridized carbons (Fsp3) is 0.409. The molecule has 0 radical (unpaired) electrons. The normalized spacial score (nSPS) is 13.8. The average molecular weight is 483 g/mol. The summed E-state index contributed by atoms with van der Waals surface area (Å²) in [6.45, 7) is 5.83. The van der Waals surface area contributed by atoms with Crippen molar-refractivity contribution >= 4 is 31.5 Å². The van der Waals surface area contributed by atoms with E-state index in [9.17, 15) is 21.6 Å². The summed E-state index contributed by atoms with van der Waals surface area (Å²) in [6, 6.07) is 11.3. The summed E-state index contributed by atoms with van der Waals surface area (Å²) in [7, 11) is -7.08. The van der Waals surface area contributed by atoms with Crippen LogP contribution in [0.25, 0.3) is 0 Å². The molecule has 0 spiro atoms. The summed E-state index contributed by atoms with van der Waals surface area (Å²) in [4.78, 5) is 13.3. The van der Waals surface area contributed by atoms with Crippen molar-refractivity contribution < 1.29 is 26.4 Å². The minimum atomic E-state index is -3.76. The van der Waals surface area contributed by atoms with Crippen LogP contribution in [0.4, 0.5) is 5.69 Å². The van der Waals surface area contributed by atoms with Gasteiger partial charge in [0.2, 0.25) is 15.9 Å². The topological polar surface area (TPSA) is 110 Å². The van der Waals surface area contributed by atoms with Gasteiger partial charge in [0.1, 0.15) is 11.8 Å². The van der Waals surface area contributed by atoms with Crippen molar-refractivity contribution in [1.82, 2.24) is 5.32 Å². The molecule has 0 saturated carbocycles. The van der Waals surface area contributed by atoms with Crippen LogP contribution in [-0.2, 0) is 24.7 Å². The lowest BCUT2D eigenvalue weighted by Crippen LogP contribution is -2.49. The molecule has 2 rings (SSSR count). The second-order valence-corrected chi connectivity index (χ2v) is 11.4. The number of ether oxygens (including phenoxy) is 1. The summed E-state index contributed by atoms with van der Waals surface area (Å²) < 4.78 is 55.0. The number of amides is 1. The van der Waals surface area contributed by atoms with Crippen molar-refractivity contribution in [3.8, 4) is 5.75 Å². The first-order chi connectivity index (χ1) is 14.9. The largest absolute Gasteiger partial charge is 0.494 e. The van der Waals surface area contributed by atoms with E-state index >= 15 is 0 Å². The van der Waals surface area contributed by atoms with E-state index in [-0.39, 0.29) is 11.3 Å². The molecule has 0 heterocycles. The third-order valence-electron chi connectivity index (χ3n) is 4.90. The van der Waals surface area contributed by atoms with Crippen molar-refractivity contribution in [3.63, 3.8) is 0 Å². The molecule has 0 aliphatic heterocycles. The molecule has 10 heteroatoms. The van der Waals surface area contributed by atoms with E-state index in [0.717, 1.165) is 16.8 Å². The molecule has 2 aromatic carbocycles. The Morgan fingerprint density at radius 2 is 1.53 bits per heavy atom. The first-order valence-electron chi connectivity index (χ1n) is 10.2. The van der Waals surface area contributed by atoms with Gasteiger partial charge in [-0.1, -0.05) is 19.1 Å². The quantitative estimate of drug-likeness (QED) is 0.558. The molecule has 0 saturated heterocycles. The number of hydrogen-bond donors (Lipinski definition) is 1. The van der Waals surface area contributed by atoms with Gasteiger partial charge in [-0.05, 0) is 62.2 Å². The molecule has 0 unspecified atom stereocenters. The van der Waals surface area contributed by atoms with Crippen molar-refractivity contribution in [1.29, 1.82) is 0 Å². The van der Waals surface area contributed by atoms with E-state index in [4.69, 9.17) is 4.74 Å². The van der Waals surface area contributed by atoms with Crippen LogP contribution < -0.4 is 14.4 Å². The van der Waals surface area contributed by atoms with Gasteiger partial charge in [0, 0.05) is 6.26 Å². The minimum Gasteiger partial charge on any atom is -0.494 e. The highest BCUT2D eigenvalue weighted by molar-refractivity contribution is 7.92. The van der Waals surface area contributed by atoms with Crippen LogP contribution in [0.5, 0.6) is 5.75 Å². The third kappa shape index (κ3) is 6.46. The van der Waals surface area contributed by atoms with Gasteiger partial charge in [-0.15, -0.1) is 0 Å². The number of sulfone groups is 1. The first-order valence-corrected chi connectivity index (χ1v) is 13.9. The zero-order valence-corrected chi connectivity index (χ0v) is 20.5. The van der Waals surface area contributed by atoms with E-state index in [0.29, 0.717) is 23.6 Å². The lowest BCUT2D eigenvalue weighted by molar-refractivity contribution is -0.122. The van der Waals surface area contributed by atoms with Crippen LogP contribution in [-0.4, -0.2) is 47.9 Å². The SMILES string of the molecule is CCOc1ccc(N([C@@H](CC)C(=O)N[C@H](C)c2ccc(S(C)(=O)=O)cc2)S(C)(=O)=O)cc1. The second-order valence-electron chi connectivity index (χ2n) is 7.48. The van der Waals surface area contributed by atoms with E-state index in [1.54, 1.807) is 50.2 Å². The van der Waals surface area contributed by atoms with E-state index in [1.165, 1.54) is 12.1 Å². The van der Waals surface area contributed by atoms with Crippen LogP contribution in [0.15, 0.2) is 53.4 Å². The van der Waals surface area contributed by atoms with Crippen molar-refractivity contribution in [2.24, 2.45) is 0 Å². The maximum atomic E-state index is 13.1. The third-order valence-corrected chi connectivity index (χ3v) is 7.21. The summed E-state index contributed by atoms with van der Waals surface area (Å²) in [5, 5.41) is 2.84. The molecule has 32 heavy (non-hydrogen) atoms. The Morgan fingerprint density at radius 1 is 0.969 bits per heavy atom. The maximum Gasteiger partial charge on any atom is 0.244 e. The van der Waals surface area contributed by atoms with Crippen LogP contribution in [0.3, 0.4) is 0 Å². The van der Waals surface area contributed by atoms with Crippen LogP contribution in [0.1, 0.15) is 38.8 Å². The Morgan fingerprint density at radius 3 is 1.97 bits per heavy atom. The van der Waals surface area contributed by atoms with Crippen LogP contribution in [0.2, 0.25) is 0 Å². The van der Waals surface area contributed by atoms with Crippen LogP contribution in [0, 0.1) is 0 Å². The zero-order valence-electron chi connectivity index (χ0n) is 18.9. The standard InChI is InChI=1S/C22H30N2O6S2/c1-6-21(24(32(5,28)29)18-10-12-19(13-11-18)30-7-2)22(25)23-16(3)17-8-14-20(15-9-17)31(4,26)27/h8-16,21H,6-7H2,1-5H3,(H,23,25)/t16-,21+/m1/s1. The smallest absolute Gasteiger partial charge is 0.244 e. The highest BCUT2D eigenvalue weighted by atomic mass is 32.2. The van der Waals surface area contributed by atoms with Gasteiger partial charge in [0.25, 0.3) is 0 Å².